The van der Waals surface area contributed by atoms with E-state index >= 15 is 0 Å². The molecule has 2 N–H and O–H groups in total. The zero-order valence-corrected chi connectivity index (χ0v) is 11.1. The van der Waals surface area contributed by atoms with Gasteiger partial charge in [-0.05, 0) is 31.6 Å². The third-order valence-electron chi connectivity index (χ3n) is 3.99. The van der Waals surface area contributed by atoms with Crippen LogP contribution in [0.3, 0.4) is 0 Å². The van der Waals surface area contributed by atoms with Crippen molar-refractivity contribution in [1.29, 1.82) is 0 Å². The van der Waals surface area contributed by atoms with E-state index in [-0.39, 0.29) is 24.5 Å². The lowest BCUT2D eigenvalue weighted by atomic mass is 9.91. The SMILES string of the molecule is CC1CC(C(=O)O)CN(C(=O)NC2CCC(F)C2)C1. The van der Waals surface area contributed by atoms with Crippen LogP contribution >= 0.6 is 0 Å². The van der Waals surface area contributed by atoms with E-state index in [1.54, 1.807) is 4.90 Å². The van der Waals surface area contributed by atoms with Crippen molar-refractivity contribution in [1.82, 2.24) is 10.2 Å². The molecule has 5 nitrogen and oxygen atoms in total. The molecule has 1 saturated heterocycles. The number of carbonyl (C=O) groups excluding carboxylic acids is 1. The molecular formula is C13H21FN2O3. The van der Waals surface area contributed by atoms with Gasteiger partial charge >= 0.3 is 12.0 Å². The van der Waals surface area contributed by atoms with Gasteiger partial charge in [-0.2, -0.15) is 0 Å². The molecule has 2 amide bonds. The van der Waals surface area contributed by atoms with Gasteiger partial charge in [0.15, 0.2) is 0 Å². The average molecular weight is 272 g/mol. The lowest BCUT2D eigenvalue weighted by Crippen LogP contribution is -2.51. The van der Waals surface area contributed by atoms with Gasteiger partial charge in [0.05, 0.1) is 5.92 Å². The minimum absolute atomic E-state index is 0.108. The molecule has 1 aliphatic heterocycles. The Kier molecular flexibility index (Phi) is 4.27. The first-order valence-corrected chi connectivity index (χ1v) is 6.88. The molecule has 1 heterocycles. The summed E-state index contributed by atoms with van der Waals surface area (Å²) < 4.78 is 13.1. The smallest absolute Gasteiger partial charge is 0.317 e. The number of aliphatic carboxylic acids is 1. The highest BCUT2D eigenvalue weighted by Gasteiger charge is 2.33. The first-order chi connectivity index (χ1) is 8.95. The summed E-state index contributed by atoms with van der Waals surface area (Å²) in [5, 5.41) is 11.9. The van der Waals surface area contributed by atoms with Gasteiger partial charge in [0.1, 0.15) is 6.17 Å². The van der Waals surface area contributed by atoms with E-state index in [1.807, 2.05) is 6.92 Å². The maximum Gasteiger partial charge on any atom is 0.317 e. The number of urea groups is 1. The molecule has 1 saturated carbocycles. The fraction of sp³-hybridized carbons (Fsp3) is 0.846. The van der Waals surface area contributed by atoms with Crippen molar-refractivity contribution in [2.75, 3.05) is 13.1 Å². The van der Waals surface area contributed by atoms with E-state index in [0.717, 1.165) is 0 Å². The summed E-state index contributed by atoms with van der Waals surface area (Å²) in [6.45, 7) is 2.77. The number of carbonyl (C=O) groups is 2. The van der Waals surface area contributed by atoms with Crippen molar-refractivity contribution in [3.05, 3.63) is 0 Å². The molecule has 2 fully saturated rings. The second-order valence-corrected chi connectivity index (χ2v) is 5.84. The summed E-state index contributed by atoms with van der Waals surface area (Å²) in [5.41, 5.74) is 0. The van der Waals surface area contributed by atoms with Gasteiger partial charge in [0, 0.05) is 19.1 Å². The number of carboxylic acid groups (broad SMARTS) is 1. The topological polar surface area (TPSA) is 69.6 Å². The van der Waals surface area contributed by atoms with Crippen molar-refractivity contribution in [3.8, 4) is 0 Å². The van der Waals surface area contributed by atoms with E-state index in [2.05, 4.69) is 5.32 Å². The molecule has 19 heavy (non-hydrogen) atoms. The minimum Gasteiger partial charge on any atom is -0.481 e. The van der Waals surface area contributed by atoms with E-state index in [4.69, 9.17) is 5.11 Å². The largest absolute Gasteiger partial charge is 0.481 e. The highest BCUT2D eigenvalue weighted by atomic mass is 19.1. The van der Waals surface area contributed by atoms with Crippen LogP contribution in [0, 0.1) is 11.8 Å². The molecule has 0 aromatic rings. The molecule has 108 valence electrons. The summed E-state index contributed by atoms with van der Waals surface area (Å²) in [4.78, 5) is 24.7. The quantitative estimate of drug-likeness (QED) is 0.802. The number of nitrogens with zero attached hydrogens (tertiary/aromatic N) is 1. The zero-order valence-electron chi connectivity index (χ0n) is 11.1. The van der Waals surface area contributed by atoms with Crippen molar-refractivity contribution in [3.63, 3.8) is 0 Å². The van der Waals surface area contributed by atoms with Crippen molar-refractivity contribution in [2.45, 2.75) is 44.8 Å². The number of amides is 2. The highest BCUT2D eigenvalue weighted by molar-refractivity contribution is 5.76. The standard InChI is InChI=1S/C13H21FN2O3/c1-8-4-9(12(17)18)7-16(6-8)13(19)15-11-3-2-10(14)5-11/h8-11H,2-7H2,1H3,(H,15,19)(H,17,18). The Bertz CT molecular complexity index is 364. The number of halogens is 1. The van der Waals surface area contributed by atoms with Crippen LogP contribution in [0.15, 0.2) is 0 Å². The summed E-state index contributed by atoms with van der Waals surface area (Å²) in [5.74, 6) is -1.17. The monoisotopic (exact) mass is 272 g/mol. The predicted octanol–water partition coefficient (Wildman–Crippen LogP) is 1.63. The van der Waals surface area contributed by atoms with Gasteiger partial charge in [-0.15, -0.1) is 0 Å². The first kappa shape index (κ1) is 14.1. The Morgan fingerprint density at radius 3 is 2.58 bits per heavy atom. The minimum atomic E-state index is -0.853. The molecule has 4 unspecified atom stereocenters. The Hall–Kier alpha value is -1.33. The number of nitrogens with one attached hydrogen (secondary N) is 1. The summed E-state index contributed by atoms with van der Waals surface area (Å²) in [6.07, 6.45) is 1.32. The Morgan fingerprint density at radius 1 is 1.26 bits per heavy atom. The normalized spacial score (nSPS) is 35.2. The van der Waals surface area contributed by atoms with E-state index < -0.39 is 18.1 Å². The van der Waals surface area contributed by atoms with Crippen LogP contribution < -0.4 is 5.32 Å². The highest BCUT2D eigenvalue weighted by Crippen LogP contribution is 2.24. The van der Waals surface area contributed by atoms with Crippen LogP contribution in [0.4, 0.5) is 9.18 Å². The van der Waals surface area contributed by atoms with Gasteiger partial charge in [-0.3, -0.25) is 4.79 Å². The Morgan fingerprint density at radius 2 is 2.00 bits per heavy atom. The molecule has 0 bridgehead atoms. The summed E-state index contributed by atoms with van der Waals surface area (Å²) in [7, 11) is 0. The number of carboxylic acids is 1. The Balaban J connectivity index is 1.89. The Labute approximate surface area is 112 Å². The van der Waals surface area contributed by atoms with E-state index in [9.17, 15) is 14.0 Å². The van der Waals surface area contributed by atoms with Crippen LogP contribution in [0.5, 0.6) is 0 Å². The van der Waals surface area contributed by atoms with Crippen LogP contribution in [0.2, 0.25) is 0 Å². The number of rotatable bonds is 2. The fourth-order valence-corrected chi connectivity index (χ4v) is 3.02. The lowest BCUT2D eigenvalue weighted by molar-refractivity contribution is -0.143. The molecule has 0 radical (unpaired) electrons. The van der Waals surface area contributed by atoms with Crippen molar-refractivity contribution in [2.24, 2.45) is 11.8 Å². The van der Waals surface area contributed by atoms with Crippen molar-refractivity contribution < 1.29 is 19.1 Å². The lowest BCUT2D eigenvalue weighted by Gasteiger charge is -2.35. The van der Waals surface area contributed by atoms with Gasteiger partial charge in [0.25, 0.3) is 0 Å². The van der Waals surface area contributed by atoms with Crippen LogP contribution in [0.1, 0.15) is 32.6 Å². The number of piperidine rings is 1. The van der Waals surface area contributed by atoms with Gasteiger partial charge in [0.2, 0.25) is 0 Å². The molecule has 2 rings (SSSR count). The number of hydrogen-bond donors (Lipinski definition) is 2. The van der Waals surface area contributed by atoms with Crippen LogP contribution in [0.25, 0.3) is 0 Å². The number of likely N-dealkylation sites (tertiary alicyclic amines) is 1. The van der Waals surface area contributed by atoms with Gasteiger partial charge < -0.3 is 15.3 Å². The molecule has 0 aromatic heterocycles. The third-order valence-corrected chi connectivity index (χ3v) is 3.99. The molecule has 4 atom stereocenters. The van der Waals surface area contributed by atoms with Crippen LogP contribution in [-0.4, -0.2) is 47.3 Å². The molecule has 6 heteroatoms. The van der Waals surface area contributed by atoms with Gasteiger partial charge in [-0.1, -0.05) is 6.92 Å². The maximum absolute atomic E-state index is 13.1. The third kappa shape index (κ3) is 3.58. The second-order valence-electron chi connectivity index (χ2n) is 5.84. The zero-order chi connectivity index (χ0) is 14.0. The molecular weight excluding hydrogens is 251 g/mol. The predicted molar refractivity (Wildman–Crippen MR) is 67.5 cm³/mol. The first-order valence-electron chi connectivity index (χ1n) is 6.88. The fourth-order valence-electron chi connectivity index (χ4n) is 3.02. The van der Waals surface area contributed by atoms with Crippen molar-refractivity contribution >= 4 is 12.0 Å². The maximum atomic E-state index is 13.1. The van der Waals surface area contributed by atoms with Crippen LogP contribution in [-0.2, 0) is 4.79 Å². The summed E-state index contributed by atoms with van der Waals surface area (Å²) in [6, 6.07) is -0.361. The molecule has 0 spiro atoms. The number of alkyl halides is 1. The molecule has 1 aliphatic carbocycles. The second kappa shape index (κ2) is 5.75. The van der Waals surface area contributed by atoms with E-state index in [1.165, 1.54) is 0 Å². The van der Waals surface area contributed by atoms with Gasteiger partial charge in [-0.25, -0.2) is 9.18 Å². The summed E-state index contributed by atoms with van der Waals surface area (Å²) >= 11 is 0. The molecule has 2 aliphatic rings. The van der Waals surface area contributed by atoms with E-state index in [0.29, 0.717) is 32.2 Å². The number of hydrogen-bond acceptors (Lipinski definition) is 2. The molecule has 0 aromatic carbocycles. The average Bonchev–Trinajstić information content (AvgIpc) is 2.73.